The molecule has 0 saturated heterocycles. The van der Waals surface area contributed by atoms with Crippen molar-refractivity contribution in [1.29, 1.82) is 0 Å². The average Bonchev–Trinajstić information content (AvgIpc) is 2.60. The molecule has 1 amide bonds. The molecule has 25 heavy (non-hydrogen) atoms. The van der Waals surface area contributed by atoms with Gasteiger partial charge in [0.25, 0.3) is 5.91 Å². The van der Waals surface area contributed by atoms with Crippen molar-refractivity contribution < 1.29 is 9.53 Å². The van der Waals surface area contributed by atoms with Crippen LogP contribution in [-0.4, -0.2) is 52.1 Å². The molecule has 0 atom stereocenters. The van der Waals surface area contributed by atoms with Gasteiger partial charge in [-0.05, 0) is 56.1 Å². The third-order valence-electron chi connectivity index (χ3n) is 3.83. The molecule has 0 aliphatic heterocycles. The predicted molar refractivity (Wildman–Crippen MR) is 102 cm³/mol. The van der Waals surface area contributed by atoms with E-state index in [1.165, 1.54) is 0 Å². The maximum Gasteiger partial charge on any atom is 0.251 e. The Kier molecular flexibility index (Phi) is 6.83. The van der Waals surface area contributed by atoms with Gasteiger partial charge in [0.05, 0.1) is 0 Å². The van der Waals surface area contributed by atoms with E-state index in [2.05, 4.69) is 10.2 Å². The van der Waals surface area contributed by atoms with Crippen LogP contribution in [0.25, 0.3) is 0 Å². The van der Waals surface area contributed by atoms with E-state index in [1.807, 2.05) is 81.6 Å². The zero-order valence-corrected chi connectivity index (χ0v) is 15.5. The van der Waals surface area contributed by atoms with E-state index in [9.17, 15) is 4.79 Å². The van der Waals surface area contributed by atoms with Gasteiger partial charge in [-0.2, -0.15) is 0 Å². The molecule has 0 unspecified atom stereocenters. The van der Waals surface area contributed by atoms with Gasteiger partial charge in [0.2, 0.25) is 0 Å². The third kappa shape index (κ3) is 6.12. The van der Waals surface area contributed by atoms with Crippen molar-refractivity contribution in [2.45, 2.75) is 6.54 Å². The van der Waals surface area contributed by atoms with Crippen LogP contribution in [0, 0.1) is 0 Å². The maximum absolute atomic E-state index is 12.2. The quantitative estimate of drug-likeness (QED) is 0.802. The fourth-order valence-corrected chi connectivity index (χ4v) is 2.24. The first-order valence-corrected chi connectivity index (χ1v) is 8.38. The van der Waals surface area contributed by atoms with Crippen molar-refractivity contribution in [1.82, 2.24) is 10.2 Å². The SMILES string of the molecule is CN(C)CCOc1ccc(CNC(=O)c2ccc(N(C)C)cc2)cc1. The molecule has 0 radical (unpaired) electrons. The average molecular weight is 341 g/mol. The summed E-state index contributed by atoms with van der Waals surface area (Å²) in [6.45, 7) is 2.03. The highest BCUT2D eigenvalue weighted by Gasteiger charge is 2.06. The Labute approximate surface area is 150 Å². The van der Waals surface area contributed by atoms with Gasteiger partial charge in [-0.3, -0.25) is 4.79 Å². The Morgan fingerprint density at radius 1 is 0.960 bits per heavy atom. The summed E-state index contributed by atoms with van der Waals surface area (Å²) < 4.78 is 5.66. The van der Waals surface area contributed by atoms with Crippen LogP contribution in [0.1, 0.15) is 15.9 Å². The van der Waals surface area contributed by atoms with Gasteiger partial charge in [-0.15, -0.1) is 0 Å². The molecular weight excluding hydrogens is 314 g/mol. The molecule has 134 valence electrons. The molecule has 5 heteroatoms. The Morgan fingerprint density at radius 3 is 2.16 bits per heavy atom. The molecule has 0 fully saturated rings. The van der Waals surface area contributed by atoms with E-state index in [4.69, 9.17) is 4.74 Å². The smallest absolute Gasteiger partial charge is 0.251 e. The fourth-order valence-electron chi connectivity index (χ4n) is 2.24. The number of amides is 1. The van der Waals surface area contributed by atoms with E-state index in [0.717, 1.165) is 23.5 Å². The molecule has 0 heterocycles. The minimum atomic E-state index is -0.0726. The van der Waals surface area contributed by atoms with Gasteiger partial charge in [0.15, 0.2) is 0 Å². The number of carbonyl (C=O) groups excluding carboxylic acids is 1. The molecule has 1 N–H and O–H groups in total. The summed E-state index contributed by atoms with van der Waals surface area (Å²) >= 11 is 0. The summed E-state index contributed by atoms with van der Waals surface area (Å²) in [4.78, 5) is 16.3. The Balaban J connectivity index is 1.83. The van der Waals surface area contributed by atoms with E-state index in [0.29, 0.717) is 18.7 Å². The minimum absolute atomic E-state index is 0.0726. The van der Waals surface area contributed by atoms with Crippen molar-refractivity contribution in [3.63, 3.8) is 0 Å². The predicted octanol–water partition coefficient (Wildman–Crippen LogP) is 2.62. The number of hydrogen-bond donors (Lipinski definition) is 1. The van der Waals surface area contributed by atoms with Gasteiger partial charge in [-0.1, -0.05) is 12.1 Å². The van der Waals surface area contributed by atoms with Crippen LogP contribution in [0.15, 0.2) is 48.5 Å². The lowest BCUT2D eigenvalue weighted by Gasteiger charge is -2.13. The van der Waals surface area contributed by atoms with Gasteiger partial charge in [-0.25, -0.2) is 0 Å². The first-order valence-electron chi connectivity index (χ1n) is 8.38. The van der Waals surface area contributed by atoms with Gasteiger partial charge >= 0.3 is 0 Å². The van der Waals surface area contributed by atoms with Crippen LogP contribution >= 0.6 is 0 Å². The van der Waals surface area contributed by atoms with Crippen molar-refractivity contribution in [3.8, 4) is 5.75 Å². The summed E-state index contributed by atoms with van der Waals surface area (Å²) in [5, 5.41) is 2.94. The zero-order valence-electron chi connectivity index (χ0n) is 15.5. The van der Waals surface area contributed by atoms with Gasteiger partial charge in [0, 0.05) is 38.4 Å². The fraction of sp³-hybridized carbons (Fsp3) is 0.350. The number of likely N-dealkylation sites (N-methyl/N-ethyl adjacent to an activating group) is 1. The van der Waals surface area contributed by atoms with Crippen molar-refractivity contribution >= 4 is 11.6 Å². The normalized spacial score (nSPS) is 10.6. The molecule has 0 bridgehead atoms. The largest absolute Gasteiger partial charge is 0.492 e. The molecule has 5 nitrogen and oxygen atoms in total. The Bertz CT molecular complexity index is 664. The third-order valence-corrected chi connectivity index (χ3v) is 3.83. The van der Waals surface area contributed by atoms with Crippen LogP contribution in [0.4, 0.5) is 5.69 Å². The van der Waals surface area contributed by atoms with Crippen molar-refractivity contribution in [2.75, 3.05) is 46.2 Å². The summed E-state index contributed by atoms with van der Waals surface area (Å²) in [5.74, 6) is 0.771. The highest BCUT2D eigenvalue weighted by Crippen LogP contribution is 2.14. The lowest BCUT2D eigenvalue weighted by Crippen LogP contribution is -2.22. The van der Waals surface area contributed by atoms with Crippen LogP contribution < -0.4 is 15.0 Å². The summed E-state index contributed by atoms with van der Waals surface area (Å²) in [7, 11) is 7.98. The first kappa shape index (κ1) is 18.8. The van der Waals surface area contributed by atoms with Crippen molar-refractivity contribution in [2.24, 2.45) is 0 Å². The van der Waals surface area contributed by atoms with E-state index < -0.39 is 0 Å². The summed E-state index contributed by atoms with van der Waals surface area (Å²) in [6, 6.07) is 15.4. The van der Waals surface area contributed by atoms with Gasteiger partial charge in [0.1, 0.15) is 12.4 Å². The first-order chi connectivity index (χ1) is 12.0. The van der Waals surface area contributed by atoms with Crippen molar-refractivity contribution in [3.05, 3.63) is 59.7 Å². The Morgan fingerprint density at radius 2 is 1.60 bits per heavy atom. The van der Waals surface area contributed by atoms with Crippen LogP contribution in [0.3, 0.4) is 0 Å². The van der Waals surface area contributed by atoms with E-state index in [-0.39, 0.29) is 5.91 Å². The second-order valence-electron chi connectivity index (χ2n) is 6.42. The summed E-state index contributed by atoms with van der Waals surface area (Å²) in [5.41, 5.74) is 2.77. The van der Waals surface area contributed by atoms with Crippen LogP contribution in [0.2, 0.25) is 0 Å². The number of hydrogen-bond acceptors (Lipinski definition) is 4. The summed E-state index contributed by atoms with van der Waals surface area (Å²) in [6.07, 6.45) is 0. The standard InChI is InChI=1S/C20H27N3O2/c1-22(2)13-14-25-19-11-5-16(6-12-19)15-21-20(24)17-7-9-18(10-8-17)23(3)4/h5-12H,13-15H2,1-4H3,(H,21,24). The lowest BCUT2D eigenvalue weighted by atomic mass is 10.1. The molecule has 2 aromatic rings. The molecule has 2 aromatic carbocycles. The number of carbonyl (C=O) groups is 1. The highest BCUT2D eigenvalue weighted by atomic mass is 16.5. The topological polar surface area (TPSA) is 44.8 Å². The number of anilines is 1. The highest BCUT2D eigenvalue weighted by molar-refractivity contribution is 5.94. The molecule has 0 saturated carbocycles. The number of benzene rings is 2. The second-order valence-corrected chi connectivity index (χ2v) is 6.42. The monoisotopic (exact) mass is 341 g/mol. The van der Waals surface area contributed by atoms with E-state index in [1.54, 1.807) is 0 Å². The minimum Gasteiger partial charge on any atom is -0.492 e. The van der Waals surface area contributed by atoms with Crippen LogP contribution in [-0.2, 0) is 6.54 Å². The molecule has 0 aromatic heterocycles. The zero-order chi connectivity index (χ0) is 18.2. The lowest BCUT2D eigenvalue weighted by molar-refractivity contribution is 0.0951. The molecule has 2 rings (SSSR count). The maximum atomic E-state index is 12.2. The number of rotatable bonds is 8. The van der Waals surface area contributed by atoms with E-state index >= 15 is 0 Å². The number of nitrogens with one attached hydrogen (secondary N) is 1. The molecule has 0 spiro atoms. The Hall–Kier alpha value is -2.53. The molecule has 0 aliphatic carbocycles. The second kappa shape index (κ2) is 9.08. The number of nitrogens with zero attached hydrogens (tertiary/aromatic N) is 2. The molecular formula is C20H27N3O2. The van der Waals surface area contributed by atoms with Crippen LogP contribution in [0.5, 0.6) is 5.75 Å². The molecule has 0 aliphatic rings. The van der Waals surface area contributed by atoms with Gasteiger partial charge < -0.3 is 19.9 Å². The number of ether oxygens (including phenoxy) is 1.